The van der Waals surface area contributed by atoms with E-state index >= 15 is 0 Å². The molecule has 3 N–H and O–H groups in total. The number of carbonyl (C=O) groups is 1. The topological polar surface area (TPSA) is 74.2 Å². The third kappa shape index (κ3) is 5.25. The van der Waals surface area contributed by atoms with Crippen LogP contribution in [0.5, 0.6) is 0 Å². The second kappa shape index (κ2) is 5.93. The lowest BCUT2D eigenvalue weighted by Gasteiger charge is -2.22. The smallest absolute Gasteiger partial charge is 0.222 e. The number of anilines is 1. The number of nitrogens with one attached hydrogen (secondary N) is 2. The molecule has 0 spiro atoms. The molecule has 0 fully saturated rings. The van der Waals surface area contributed by atoms with Gasteiger partial charge in [-0.1, -0.05) is 6.07 Å². The largest absolute Gasteiger partial charge is 0.385 e. The highest BCUT2D eigenvalue weighted by atomic mass is 16.3. The lowest BCUT2D eigenvalue weighted by molar-refractivity contribution is -0.114. The maximum Gasteiger partial charge on any atom is 0.222 e. The van der Waals surface area contributed by atoms with Crippen LogP contribution in [-0.2, 0) is 4.79 Å². The Morgan fingerprint density at radius 2 is 2.11 bits per heavy atom. The Morgan fingerprint density at radius 1 is 1.44 bits per heavy atom. The number of β-amino-alcohol motifs (C(OH)–C–C–N with tert-alkyl or cyclic N) is 1. The van der Waals surface area contributed by atoms with Crippen LogP contribution in [0, 0.1) is 0 Å². The predicted octanol–water partition coefficient (Wildman–Crippen LogP) is 1.46. The van der Waals surface area contributed by atoms with E-state index in [0.29, 0.717) is 18.1 Å². The summed E-state index contributed by atoms with van der Waals surface area (Å²) >= 11 is 0. The first-order valence-electron chi connectivity index (χ1n) is 5.95. The number of aromatic nitrogens is 1. The summed E-state index contributed by atoms with van der Waals surface area (Å²) in [6.45, 7) is 7.93. The van der Waals surface area contributed by atoms with Gasteiger partial charge in [-0.05, 0) is 32.9 Å². The van der Waals surface area contributed by atoms with Gasteiger partial charge in [0.05, 0.1) is 5.69 Å². The van der Waals surface area contributed by atoms with Gasteiger partial charge < -0.3 is 15.7 Å². The lowest BCUT2D eigenvalue weighted by Crippen LogP contribution is -2.38. The maximum absolute atomic E-state index is 10.9. The molecule has 1 rings (SSSR count). The first-order chi connectivity index (χ1) is 8.28. The highest BCUT2D eigenvalue weighted by Crippen LogP contribution is 2.13. The molecule has 0 aliphatic heterocycles. The van der Waals surface area contributed by atoms with Gasteiger partial charge in [-0.15, -0.1) is 0 Å². The number of aliphatic hydroxyl groups excluding tert-OH is 1. The van der Waals surface area contributed by atoms with Gasteiger partial charge in [-0.25, -0.2) is 4.98 Å². The average molecular weight is 251 g/mol. The monoisotopic (exact) mass is 251 g/mol. The zero-order chi connectivity index (χ0) is 13.8. The molecule has 0 aliphatic rings. The number of amides is 1. The zero-order valence-corrected chi connectivity index (χ0v) is 11.3. The van der Waals surface area contributed by atoms with Crippen LogP contribution < -0.4 is 10.6 Å². The quantitative estimate of drug-likeness (QED) is 0.757. The van der Waals surface area contributed by atoms with Crippen molar-refractivity contribution in [1.82, 2.24) is 10.3 Å². The summed E-state index contributed by atoms with van der Waals surface area (Å²) in [6.07, 6.45) is -0.696. The van der Waals surface area contributed by atoms with E-state index in [4.69, 9.17) is 0 Å². The summed E-state index contributed by atoms with van der Waals surface area (Å²) in [5.41, 5.74) is 0.481. The number of hydrogen-bond acceptors (Lipinski definition) is 4. The Balaban J connectivity index is 2.68. The molecule has 5 heteroatoms. The minimum absolute atomic E-state index is 0.0593. The molecule has 0 radical (unpaired) electrons. The molecule has 18 heavy (non-hydrogen) atoms. The molecule has 0 aliphatic carbocycles. The first kappa shape index (κ1) is 14.6. The second-order valence-electron chi connectivity index (χ2n) is 5.28. The van der Waals surface area contributed by atoms with E-state index in [2.05, 4.69) is 15.6 Å². The van der Waals surface area contributed by atoms with Crippen molar-refractivity contribution < 1.29 is 9.90 Å². The number of rotatable bonds is 4. The van der Waals surface area contributed by atoms with Gasteiger partial charge in [0.15, 0.2) is 0 Å². The number of pyridine rings is 1. The van der Waals surface area contributed by atoms with Crippen molar-refractivity contribution in [3.8, 4) is 0 Å². The van der Waals surface area contributed by atoms with E-state index < -0.39 is 6.10 Å². The van der Waals surface area contributed by atoms with Crippen molar-refractivity contribution in [2.24, 2.45) is 0 Å². The summed E-state index contributed by atoms with van der Waals surface area (Å²) in [4.78, 5) is 15.1. The van der Waals surface area contributed by atoms with Crippen molar-refractivity contribution in [2.75, 3.05) is 11.9 Å². The zero-order valence-electron chi connectivity index (χ0n) is 11.3. The Hall–Kier alpha value is -1.46. The van der Waals surface area contributed by atoms with Gasteiger partial charge in [-0.2, -0.15) is 0 Å². The van der Waals surface area contributed by atoms with E-state index in [0.717, 1.165) is 0 Å². The van der Waals surface area contributed by atoms with E-state index in [9.17, 15) is 9.90 Å². The Bertz CT molecular complexity index is 413. The SMILES string of the molecule is CC(=O)Nc1cccc([C@H](O)CNC(C)(C)C)n1. The Labute approximate surface area is 108 Å². The van der Waals surface area contributed by atoms with E-state index in [-0.39, 0.29) is 11.4 Å². The molecule has 5 nitrogen and oxygen atoms in total. The van der Waals surface area contributed by atoms with Crippen LogP contribution in [0.1, 0.15) is 39.5 Å². The molecule has 1 amide bonds. The molecule has 0 saturated carbocycles. The van der Waals surface area contributed by atoms with E-state index in [1.807, 2.05) is 20.8 Å². The predicted molar refractivity (Wildman–Crippen MR) is 71.3 cm³/mol. The van der Waals surface area contributed by atoms with Crippen LogP contribution in [-0.4, -0.2) is 28.1 Å². The Kier molecular flexibility index (Phi) is 4.81. The molecule has 1 aromatic heterocycles. The maximum atomic E-state index is 10.9. The Morgan fingerprint density at radius 3 is 2.67 bits per heavy atom. The standard InChI is InChI=1S/C13H21N3O2/c1-9(17)15-12-7-5-6-10(16-12)11(18)8-14-13(2,3)4/h5-7,11,14,18H,8H2,1-4H3,(H,15,16,17)/t11-/m1/s1. The molecular formula is C13H21N3O2. The van der Waals surface area contributed by atoms with Crippen LogP contribution in [0.2, 0.25) is 0 Å². The van der Waals surface area contributed by atoms with Crippen LogP contribution in [0.4, 0.5) is 5.82 Å². The molecule has 1 atom stereocenters. The number of hydrogen-bond donors (Lipinski definition) is 3. The first-order valence-corrected chi connectivity index (χ1v) is 5.95. The van der Waals surface area contributed by atoms with Gasteiger partial charge >= 0.3 is 0 Å². The molecule has 0 aromatic carbocycles. The molecule has 0 bridgehead atoms. The van der Waals surface area contributed by atoms with Crippen LogP contribution in [0.25, 0.3) is 0 Å². The van der Waals surface area contributed by atoms with Gasteiger partial charge in [0.2, 0.25) is 5.91 Å². The molecule has 1 heterocycles. The fourth-order valence-electron chi connectivity index (χ4n) is 1.39. The third-order valence-electron chi connectivity index (χ3n) is 2.24. The molecule has 100 valence electrons. The average Bonchev–Trinajstić information content (AvgIpc) is 2.24. The van der Waals surface area contributed by atoms with Gasteiger partial charge in [-0.3, -0.25) is 4.79 Å². The van der Waals surface area contributed by atoms with Crippen molar-refractivity contribution >= 4 is 11.7 Å². The van der Waals surface area contributed by atoms with Crippen LogP contribution >= 0.6 is 0 Å². The third-order valence-corrected chi connectivity index (χ3v) is 2.24. The van der Waals surface area contributed by atoms with Gasteiger partial charge in [0.1, 0.15) is 11.9 Å². The summed E-state index contributed by atoms with van der Waals surface area (Å²) in [5.74, 6) is 0.275. The van der Waals surface area contributed by atoms with E-state index in [1.165, 1.54) is 6.92 Å². The summed E-state index contributed by atoms with van der Waals surface area (Å²) in [6, 6.07) is 5.18. The molecular weight excluding hydrogens is 230 g/mol. The fraction of sp³-hybridized carbons (Fsp3) is 0.538. The lowest BCUT2D eigenvalue weighted by atomic mass is 10.1. The number of carbonyl (C=O) groups excluding carboxylic acids is 1. The highest BCUT2D eigenvalue weighted by molar-refractivity contribution is 5.87. The molecule has 0 saturated heterocycles. The van der Waals surface area contributed by atoms with Crippen LogP contribution in [0.15, 0.2) is 18.2 Å². The van der Waals surface area contributed by atoms with Crippen LogP contribution in [0.3, 0.4) is 0 Å². The van der Waals surface area contributed by atoms with Crippen molar-refractivity contribution in [2.45, 2.75) is 39.3 Å². The number of nitrogens with zero attached hydrogens (tertiary/aromatic N) is 1. The van der Waals surface area contributed by atoms with E-state index in [1.54, 1.807) is 18.2 Å². The summed E-state index contributed by atoms with van der Waals surface area (Å²) in [5, 5.41) is 15.8. The summed E-state index contributed by atoms with van der Waals surface area (Å²) < 4.78 is 0. The minimum Gasteiger partial charge on any atom is -0.385 e. The van der Waals surface area contributed by atoms with Crippen molar-refractivity contribution in [3.63, 3.8) is 0 Å². The normalized spacial score (nSPS) is 13.2. The molecule has 1 aromatic rings. The van der Waals surface area contributed by atoms with Crippen molar-refractivity contribution in [1.29, 1.82) is 0 Å². The fourth-order valence-corrected chi connectivity index (χ4v) is 1.39. The van der Waals surface area contributed by atoms with Gasteiger partial charge in [0, 0.05) is 19.0 Å². The highest BCUT2D eigenvalue weighted by Gasteiger charge is 2.14. The second-order valence-corrected chi connectivity index (χ2v) is 5.28. The number of aliphatic hydroxyl groups is 1. The van der Waals surface area contributed by atoms with Crippen molar-refractivity contribution in [3.05, 3.63) is 23.9 Å². The molecule has 0 unspecified atom stereocenters. The minimum atomic E-state index is -0.696. The summed E-state index contributed by atoms with van der Waals surface area (Å²) in [7, 11) is 0. The van der Waals surface area contributed by atoms with Gasteiger partial charge in [0.25, 0.3) is 0 Å².